The molecular formula is C17H25N3O. The monoisotopic (exact) mass is 287 g/mol. The maximum Gasteiger partial charge on any atom is 0.324 e. The molecule has 2 aliphatic rings. The summed E-state index contributed by atoms with van der Waals surface area (Å²) >= 11 is 0. The number of anilines is 1. The Kier molecular flexibility index (Phi) is 4.15. The summed E-state index contributed by atoms with van der Waals surface area (Å²) in [4.78, 5) is 16.2. The van der Waals surface area contributed by atoms with Gasteiger partial charge >= 0.3 is 6.03 Å². The van der Waals surface area contributed by atoms with Crippen molar-refractivity contribution in [2.24, 2.45) is 0 Å². The number of hydrogen-bond acceptors (Lipinski definition) is 2. The average molecular weight is 287 g/mol. The maximum atomic E-state index is 12.4. The molecule has 2 amide bonds. The van der Waals surface area contributed by atoms with Gasteiger partial charge in [-0.05, 0) is 63.4 Å². The standard InChI is InChI=1S/C17H25N3O/c1-13(2)19-11-12-20(17(19)21)16-5-3-14(4-6-16)15-7-9-18-10-8-15/h3-6,13,15,18H,7-12H2,1-2H3. The van der Waals surface area contributed by atoms with Crippen molar-refractivity contribution in [3.63, 3.8) is 0 Å². The minimum Gasteiger partial charge on any atom is -0.320 e. The Balaban J connectivity index is 1.71. The van der Waals surface area contributed by atoms with E-state index in [0.29, 0.717) is 5.92 Å². The van der Waals surface area contributed by atoms with Crippen LogP contribution < -0.4 is 10.2 Å². The van der Waals surface area contributed by atoms with Crippen molar-refractivity contribution in [2.75, 3.05) is 31.1 Å². The Morgan fingerprint density at radius 2 is 1.76 bits per heavy atom. The van der Waals surface area contributed by atoms with Crippen LogP contribution in [0.4, 0.5) is 10.5 Å². The summed E-state index contributed by atoms with van der Waals surface area (Å²) in [5.74, 6) is 0.668. The largest absolute Gasteiger partial charge is 0.324 e. The molecule has 2 aliphatic heterocycles. The molecule has 0 spiro atoms. The lowest BCUT2D eigenvalue weighted by Gasteiger charge is -2.24. The third kappa shape index (κ3) is 2.91. The third-order valence-electron chi connectivity index (χ3n) is 4.68. The van der Waals surface area contributed by atoms with E-state index in [2.05, 4.69) is 43.4 Å². The summed E-state index contributed by atoms with van der Waals surface area (Å²) in [6, 6.07) is 9.04. The van der Waals surface area contributed by atoms with Crippen LogP contribution in [0.25, 0.3) is 0 Å². The van der Waals surface area contributed by atoms with Crippen molar-refractivity contribution < 1.29 is 4.79 Å². The molecule has 4 heteroatoms. The van der Waals surface area contributed by atoms with Crippen LogP contribution >= 0.6 is 0 Å². The Morgan fingerprint density at radius 3 is 2.33 bits per heavy atom. The van der Waals surface area contributed by atoms with Crippen molar-refractivity contribution in [1.29, 1.82) is 0 Å². The number of rotatable bonds is 3. The van der Waals surface area contributed by atoms with Gasteiger partial charge in [-0.2, -0.15) is 0 Å². The number of carbonyl (C=O) groups is 1. The molecule has 2 saturated heterocycles. The molecule has 0 aliphatic carbocycles. The van der Waals surface area contributed by atoms with Gasteiger partial charge in [-0.15, -0.1) is 0 Å². The van der Waals surface area contributed by atoms with E-state index < -0.39 is 0 Å². The third-order valence-corrected chi connectivity index (χ3v) is 4.68. The molecule has 21 heavy (non-hydrogen) atoms. The zero-order chi connectivity index (χ0) is 14.8. The summed E-state index contributed by atoms with van der Waals surface area (Å²) in [5, 5.41) is 3.40. The molecule has 1 aromatic carbocycles. The van der Waals surface area contributed by atoms with E-state index in [-0.39, 0.29) is 12.1 Å². The van der Waals surface area contributed by atoms with E-state index >= 15 is 0 Å². The molecule has 2 fully saturated rings. The van der Waals surface area contributed by atoms with Crippen molar-refractivity contribution >= 4 is 11.7 Å². The van der Waals surface area contributed by atoms with Crippen molar-refractivity contribution in [3.05, 3.63) is 29.8 Å². The molecule has 114 valence electrons. The van der Waals surface area contributed by atoms with Gasteiger partial charge in [0, 0.05) is 24.8 Å². The highest BCUT2D eigenvalue weighted by Gasteiger charge is 2.31. The highest BCUT2D eigenvalue weighted by Crippen LogP contribution is 2.28. The number of hydrogen-bond donors (Lipinski definition) is 1. The van der Waals surface area contributed by atoms with Gasteiger partial charge in [0.05, 0.1) is 0 Å². The maximum absolute atomic E-state index is 12.4. The van der Waals surface area contributed by atoms with Crippen molar-refractivity contribution in [3.8, 4) is 0 Å². The number of amides is 2. The molecule has 3 rings (SSSR count). The quantitative estimate of drug-likeness (QED) is 0.928. The molecule has 0 atom stereocenters. The van der Waals surface area contributed by atoms with E-state index in [4.69, 9.17) is 0 Å². The number of piperidine rings is 1. The number of carbonyl (C=O) groups excluding carboxylic acids is 1. The van der Waals surface area contributed by atoms with Gasteiger partial charge in [0.15, 0.2) is 0 Å². The molecular weight excluding hydrogens is 262 g/mol. The van der Waals surface area contributed by atoms with Crippen LogP contribution in [0, 0.1) is 0 Å². The first-order valence-corrected chi connectivity index (χ1v) is 8.05. The minimum absolute atomic E-state index is 0.139. The molecule has 0 saturated carbocycles. The second-order valence-corrected chi connectivity index (χ2v) is 6.34. The second-order valence-electron chi connectivity index (χ2n) is 6.34. The first kappa shape index (κ1) is 14.4. The Bertz CT molecular complexity index is 491. The van der Waals surface area contributed by atoms with Crippen LogP contribution in [-0.2, 0) is 0 Å². The van der Waals surface area contributed by atoms with E-state index in [0.717, 1.165) is 31.9 Å². The van der Waals surface area contributed by atoms with Crippen LogP contribution in [0.3, 0.4) is 0 Å². The fourth-order valence-corrected chi connectivity index (χ4v) is 3.35. The van der Waals surface area contributed by atoms with E-state index in [1.165, 1.54) is 18.4 Å². The lowest BCUT2D eigenvalue weighted by Crippen LogP contribution is -2.36. The highest BCUT2D eigenvalue weighted by molar-refractivity contribution is 5.94. The minimum atomic E-state index is 0.139. The molecule has 0 radical (unpaired) electrons. The van der Waals surface area contributed by atoms with E-state index in [1.807, 2.05) is 9.80 Å². The van der Waals surface area contributed by atoms with Gasteiger partial charge in [0.2, 0.25) is 0 Å². The second kappa shape index (κ2) is 6.06. The average Bonchev–Trinajstić information content (AvgIpc) is 2.90. The smallest absolute Gasteiger partial charge is 0.320 e. The van der Waals surface area contributed by atoms with Crippen LogP contribution in [0.15, 0.2) is 24.3 Å². The molecule has 0 aromatic heterocycles. The summed E-state index contributed by atoms with van der Waals surface area (Å²) in [5.41, 5.74) is 2.44. The van der Waals surface area contributed by atoms with Gasteiger partial charge in [-0.3, -0.25) is 4.90 Å². The molecule has 1 N–H and O–H groups in total. The van der Waals surface area contributed by atoms with Crippen molar-refractivity contribution in [1.82, 2.24) is 10.2 Å². The van der Waals surface area contributed by atoms with Crippen LogP contribution in [-0.4, -0.2) is 43.2 Å². The topological polar surface area (TPSA) is 35.6 Å². The van der Waals surface area contributed by atoms with Crippen LogP contribution in [0.1, 0.15) is 38.2 Å². The number of nitrogens with zero attached hydrogens (tertiary/aromatic N) is 2. The van der Waals surface area contributed by atoms with E-state index in [9.17, 15) is 4.79 Å². The summed E-state index contributed by atoms with van der Waals surface area (Å²) in [6.07, 6.45) is 2.42. The fraction of sp³-hybridized carbons (Fsp3) is 0.588. The molecule has 1 aromatic rings. The summed E-state index contributed by atoms with van der Waals surface area (Å²) in [6.45, 7) is 7.99. The SMILES string of the molecule is CC(C)N1CCN(c2ccc(C3CCNCC3)cc2)C1=O. The number of benzene rings is 1. The van der Waals surface area contributed by atoms with E-state index in [1.54, 1.807) is 0 Å². The van der Waals surface area contributed by atoms with Gasteiger partial charge in [-0.25, -0.2) is 4.79 Å². The number of urea groups is 1. The first-order chi connectivity index (χ1) is 10.2. The zero-order valence-electron chi connectivity index (χ0n) is 13.0. The van der Waals surface area contributed by atoms with Crippen LogP contribution in [0.2, 0.25) is 0 Å². The first-order valence-electron chi connectivity index (χ1n) is 8.05. The number of nitrogens with one attached hydrogen (secondary N) is 1. The van der Waals surface area contributed by atoms with Gasteiger partial charge in [-0.1, -0.05) is 12.1 Å². The van der Waals surface area contributed by atoms with Crippen LogP contribution in [0.5, 0.6) is 0 Å². The zero-order valence-corrected chi connectivity index (χ0v) is 13.0. The molecule has 4 nitrogen and oxygen atoms in total. The molecule has 0 bridgehead atoms. The highest BCUT2D eigenvalue weighted by atomic mass is 16.2. The molecule has 2 heterocycles. The Hall–Kier alpha value is -1.55. The summed E-state index contributed by atoms with van der Waals surface area (Å²) in [7, 11) is 0. The van der Waals surface area contributed by atoms with Crippen molar-refractivity contribution in [2.45, 2.75) is 38.6 Å². The van der Waals surface area contributed by atoms with Gasteiger partial charge < -0.3 is 10.2 Å². The summed E-state index contributed by atoms with van der Waals surface area (Å²) < 4.78 is 0. The van der Waals surface area contributed by atoms with Gasteiger partial charge in [0.1, 0.15) is 0 Å². The Morgan fingerprint density at radius 1 is 1.10 bits per heavy atom. The fourth-order valence-electron chi connectivity index (χ4n) is 3.35. The van der Waals surface area contributed by atoms with Gasteiger partial charge in [0.25, 0.3) is 0 Å². The normalized spacial score (nSPS) is 20.6. The Labute approximate surface area is 127 Å². The molecule has 0 unspecified atom stereocenters. The predicted octanol–water partition coefficient (Wildman–Crippen LogP) is 2.80. The predicted molar refractivity (Wildman–Crippen MR) is 85.9 cm³/mol. The lowest BCUT2D eigenvalue weighted by atomic mass is 9.90. The lowest BCUT2D eigenvalue weighted by molar-refractivity contribution is 0.209.